The van der Waals surface area contributed by atoms with Crippen molar-refractivity contribution in [3.63, 3.8) is 0 Å². The molecular formula is C17H29F2NO3. The van der Waals surface area contributed by atoms with Crippen LogP contribution in [0.2, 0.25) is 0 Å². The molecule has 0 aliphatic heterocycles. The summed E-state index contributed by atoms with van der Waals surface area (Å²) in [4.78, 5) is 12.2. The Balaban J connectivity index is 2.04. The van der Waals surface area contributed by atoms with Gasteiger partial charge in [-0.2, -0.15) is 8.78 Å². The molecule has 0 heterocycles. The van der Waals surface area contributed by atoms with Crippen LogP contribution >= 0.6 is 0 Å². The highest BCUT2D eigenvalue weighted by Gasteiger charge is 2.58. The molecule has 1 amide bonds. The molecule has 0 spiro atoms. The summed E-state index contributed by atoms with van der Waals surface area (Å²) in [5.41, 5.74) is -2.23. The van der Waals surface area contributed by atoms with Gasteiger partial charge in [0.1, 0.15) is 5.60 Å². The summed E-state index contributed by atoms with van der Waals surface area (Å²) >= 11 is 0. The predicted molar refractivity (Wildman–Crippen MR) is 83.2 cm³/mol. The maximum absolute atomic E-state index is 14.5. The van der Waals surface area contributed by atoms with Crippen molar-refractivity contribution in [1.82, 2.24) is 5.32 Å². The standard InChI is InChI=1S/C17H29F2NO3/c18-17(19,16(23)10-5-2-6-11-16)15(22)20-14(9-12-21)13-7-3-1-4-8-13/h13-14,21,23H,1-12H2,(H,20,22)/t14-/m1/s1. The zero-order chi connectivity index (χ0) is 16.9. The van der Waals surface area contributed by atoms with E-state index in [1.165, 1.54) is 0 Å². The summed E-state index contributed by atoms with van der Waals surface area (Å²) in [6, 6.07) is -0.439. The van der Waals surface area contributed by atoms with E-state index in [0.717, 1.165) is 38.5 Å². The highest BCUT2D eigenvalue weighted by atomic mass is 19.3. The molecule has 0 aromatic carbocycles. The van der Waals surface area contributed by atoms with Crippen molar-refractivity contribution >= 4 is 5.91 Å². The second kappa shape index (κ2) is 7.88. The Hall–Kier alpha value is -0.750. The van der Waals surface area contributed by atoms with Crippen LogP contribution in [-0.4, -0.2) is 40.3 Å². The summed E-state index contributed by atoms with van der Waals surface area (Å²) in [5.74, 6) is -5.03. The normalized spacial score (nSPS) is 24.2. The Labute approximate surface area is 136 Å². The number of carbonyl (C=O) groups excluding carboxylic acids is 1. The molecule has 134 valence electrons. The zero-order valence-electron chi connectivity index (χ0n) is 13.7. The lowest BCUT2D eigenvalue weighted by Crippen LogP contribution is -2.60. The van der Waals surface area contributed by atoms with Gasteiger partial charge in [-0.15, -0.1) is 0 Å². The molecule has 2 fully saturated rings. The molecular weight excluding hydrogens is 304 g/mol. The second-order valence-electron chi connectivity index (χ2n) is 7.16. The number of alkyl halides is 2. The average Bonchev–Trinajstić information content (AvgIpc) is 2.55. The molecule has 2 aliphatic rings. The number of aliphatic hydroxyl groups is 2. The molecule has 0 aromatic heterocycles. The molecule has 0 aromatic rings. The van der Waals surface area contributed by atoms with Crippen LogP contribution in [0.25, 0.3) is 0 Å². The van der Waals surface area contributed by atoms with Crippen LogP contribution in [0.15, 0.2) is 0 Å². The molecule has 2 rings (SSSR count). The fourth-order valence-electron chi connectivity index (χ4n) is 4.02. The first-order valence-electron chi connectivity index (χ1n) is 8.93. The van der Waals surface area contributed by atoms with Crippen LogP contribution in [-0.2, 0) is 4.79 Å². The van der Waals surface area contributed by atoms with Gasteiger partial charge in [-0.05, 0) is 38.0 Å². The van der Waals surface area contributed by atoms with E-state index in [0.29, 0.717) is 12.8 Å². The number of nitrogens with one attached hydrogen (secondary N) is 1. The minimum atomic E-state index is -3.78. The molecule has 2 aliphatic carbocycles. The van der Waals surface area contributed by atoms with E-state index in [1.54, 1.807) is 0 Å². The molecule has 0 unspecified atom stereocenters. The molecule has 2 saturated carbocycles. The highest BCUT2D eigenvalue weighted by molar-refractivity contribution is 5.85. The summed E-state index contributed by atoms with van der Waals surface area (Å²) in [6.45, 7) is -0.142. The van der Waals surface area contributed by atoms with E-state index in [4.69, 9.17) is 0 Å². The maximum atomic E-state index is 14.5. The first kappa shape index (κ1) is 18.6. The number of hydrogen-bond acceptors (Lipinski definition) is 3. The third kappa shape index (κ3) is 4.21. The van der Waals surface area contributed by atoms with Gasteiger partial charge in [0.25, 0.3) is 5.91 Å². The van der Waals surface area contributed by atoms with E-state index >= 15 is 0 Å². The first-order chi connectivity index (χ1) is 10.9. The molecule has 4 nitrogen and oxygen atoms in total. The lowest BCUT2D eigenvalue weighted by molar-refractivity contribution is -0.202. The van der Waals surface area contributed by atoms with E-state index in [-0.39, 0.29) is 31.8 Å². The van der Waals surface area contributed by atoms with Gasteiger partial charge in [0.05, 0.1) is 0 Å². The third-order valence-corrected chi connectivity index (χ3v) is 5.53. The van der Waals surface area contributed by atoms with Crippen molar-refractivity contribution in [3.05, 3.63) is 0 Å². The van der Waals surface area contributed by atoms with E-state index in [9.17, 15) is 23.8 Å². The van der Waals surface area contributed by atoms with Gasteiger partial charge in [-0.25, -0.2) is 0 Å². The monoisotopic (exact) mass is 333 g/mol. The fraction of sp³-hybridized carbons (Fsp3) is 0.941. The molecule has 6 heteroatoms. The van der Waals surface area contributed by atoms with Gasteiger partial charge < -0.3 is 15.5 Å². The van der Waals surface area contributed by atoms with Crippen LogP contribution in [0.1, 0.15) is 70.6 Å². The smallest absolute Gasteiger partial charge is 0.352 e. The zero-order valence-corrected chi connectivity index (χ0v) is 13.7. The number of hydrogen-bond donors (Lipinski definition) is 3. The van der Waals surface area contributed by atoms with Crippen molar-refractivity contribution in [2.75, 3.05) is 6.61 Å². The second-order valence-corrected chi connectivity index (χ2v) is 7.16. The van der Waals surface area contributed by atoms with E-state index in [1.807, 2.05) is 0 Å². The average molecular weight is 333 g/mol. The van der Waals surface area contributed by atoms with Crippen LogP contribution in [0.3, 0.4) is 0 Å². The summed E-state index contributed by atoms with van der Waals surface area (Å²) in [6.07, 6.45) is 7.02. The third-order valence-electron chi connectivity index (χ3n) is 5.53. The van der Waals surface area contributed by atoms with E-state index < -0.39 is 23.5 Å². The molecule has 1 atom stereocenters. The van der Waals surface area contributed by atoms with E-state index in [2.05, 4.69) is 5.32 Å². The van der Waals surface area contributed by atoms with Gasteiger partial charge in [0, 0.05) is 12.6 Å². The molecule has 0 bridgehead atoms. The van der Waals surface area contributed by atoms with Crippen LogP contribution in [0.4, 0.5) is 8.78 Å². The molecule has 0 saturated heterocycles. The first-order valence-corrected chi connectivity index (χ1v) is 8.93. The van der Waals surface area contributed by atoms with Crippen molar-refractivity contribution in [1.29, 1.82) is 0 Å². The Morgan fingerprint density at radius 2 is 1.70 bits per heavy atom. The van der Waals surface area contributed by atoms with Crippen molar-refractivity contribution in [2.45, 2.75) is 88.2 Å². The number of rotatable bonds is 6. The Bertz CT molecular complexity index is 391. The molecule has 0 radical (unpaired) electrons. The number of carbonyl (C=O) groups is 1. The van der Waals surface area contributed by atoms with Crippen LogP contribution < -0.4 is 5.32 Å². The Morgan fingerprint density at radius 1 is 1.13 bits per heavy atom. The predicted octanol–water partition coefficient (Wildman–Crippen LogP) is 2.76. The molecule has 3 N–H and O–H groups in total. The minimum Gasteiger partial charge on any atom is -0.396 e. The van der Waals surface area contributed by atoms with Gasteiger partial charge in [-0.3, -0.25) is 4.79 Å². The van der Waals surface area contributed by atoms with Crippen LogP contribution in [0.5, 0.6) is 0 Å². The molecule has 23 heavy (non-hydrogen) atoms. The number of aliphatic hydroxyl groups excluding tert-OH is 1. The van der Waals surface area contributed by atoms with Crippen LogP contribution in [0, 0.1) is 5.92 Å². The summed E-state index contributed by atoms with van der Waals surface area (Å²) < 4.78 is 29.1. The highest BCUT2D eigenvalue weighted by Crippen LogP contribution is 2.41. The largest absolute Gasteiger partial charge is 0.396 e. The van der Waals surface area contributed by atoms with Gasteiger partial charge >= 0.3 is 5.92 Å². The van der Waals surface area contributed by atoms with Crippen molar-refractivity contribution < 1.29 is 23.8 Å². The lowest BCUT2D eigenvalue weighted by atomic mass is 9.79. The van der Waals surface area contributed by atoms with Crippen molar-refractivity contribution in [2.24, 2.45) is 5.92 Å². The number of halogens is 2. The van der Waals surface area contributed by atoms with Crippen molar-refractivity contribution in [3.8, 4) is 0 Å². The Kier molecular flexibility index (Phi) is 6.37. The Morgan fingerprint density at radius 3 is 2.26 bits per heavy atom. The van der Waals surface area contributed by atoms with Gasteiger partial charge in [0.2, 0.25) is 0 Å². The SMILES string of the molecule is O=C(N[C@H](CCO)C1CCCCC1)C(F)(F)C1(O)CCCCC1. The van der Waals surface area contributed by atoms with Gasteiger partial charge in [-0.1, -0.05) is 38.5 Å². The lowest BCUT2D eigenvalue weighted by Gasteiger charge is -2.39. The van der Waals surface area contributed by atoms with Gasteiger partial charge in [0.15, 0.2) is 0 Å². The minimum absolute atomic E-state index is 0.0402. The maximum Gasteiger partial charge on any atom is 0.352 e. The number of amides is 1. The fourth-order valence-corrected chi connectivity index (χ4v) is 4.02. The summed E-state index contributed by atoms with van der Waals surface area (Å²) in [7, 11) is 0. The summed E-state index contributed by atoms with van der Waals surface area (Å²) in [5, 5.41) is 21.9. The topological polar surface area (TPSA) is 69.6 Å². The quantitative estimate of drug-likeness (QED) is 0.700.